The number of H-pyrrole nitrogens is 1. The fourth-order valence-corrected chi connectivity index (χ4v) is 2.22. The number of fused-ring (bicyclic) bond motifs is 1. The van der Waals surface area contributed by atoms with Crippen LogP contribution in [0.15, 0.2) is 41.0 Å². The molecule has 3 rings (SSSR count). The number of nitro groups is 1. The van der Waals surface area contributed by atoms with E-state index in [9.17, 15) is 10.1 Å². The molecule has 1 aromatic carbocycles. The van der Waals surface area contributed by atoms with Crippen LogP contribution in [0.25, 0.3) is 23.3 Å². The number of nitrogens with zero attached hydrogens (tertiary/aromatic N) is 3. The average Bonchev–Trinajstić information content (AvgIpc) is 2.87. The Balaban J connectivity index is 1.90. The fourth-order valence-electron chi connectivity index (χ4n) is 1.89. The predicted molar refractivity (Wildman–Crippen MR) is 83.6 cm³/mol. The molecule has 0 saturated carbocycles. The van der Waals surface area contributed by atoms with Gasteiger partial charge >= 0.3 is 0 Å². The number of pyridine rings is 1. The van der Waals surface area contributed by atoms with Crippen LogP contribution in [-0.4, -0.2) is 19.9 Å². The number of imidazole rings is 1. The predicted octanol–water partition coefficient (Wildman–Crippen LogP) is 3.80. The normalized spacial score (nSPS) is 11.3. The van der Waals surface area contributed by atoms with Gasteiger partial charge in [-0.2, -0.15) is 0 Å². The van der Waals surface area contributed by atoms with Gasteiger partial charge in [-0.15, -0.1) is 0 Å². The van der Waals surface area contributed by atoms with Crippen molar-refractivity contribution in [3.63, 3.8) is 0 Å². The quantitative estimate of drug-likeness (QED) is 0.578. The van der Waals surface area contributed by atoms with Gasteiger partial charge in [0.15, 0.2) is 5.65 Å². The lowest BCUT2D eigenvalue weighted by molar-refractivity contribution is -0.384. The molecule has 2 aromatic heterocycles. The first-order valence-electron chi connectivity index (χ1n) is 6.05. The zero-order chi connectivity index (χ0) is 14.8. The van der Waals surface area contributed by atoms with E-state index in [-0.39, 0.29) is 5.69 Å². The fraction of sp³-hybridized carbons (Fsp3) is 0. The lowest BCUT2D eigenvalue weighted by Gasteiger charge is -1.93. The number of benzene rings is 1. The minimum absolute atomic E-state index is 0.0624. The van der Waals surface area contributed by atoms with Crippen molar-refractivity contribution in [3.05, 3.63) is 62.5 Å². The first-order valence-corrected chi connectivity index (χ1v) is 6.85. The number of hydrogen-bond acceptors (Lipinski definition) is 4. The van der Waals surface area contributed by atoms with E-state index in [1.807, 2.05) is 6.07 Å². The van der Waals surface area contributed by atoms with Crippen LogP contribution in [0, 0.1) is 10.1 Å². The van der Waals surface area contributed by atoms with Crippen molar-refractivity contribution in [1.82, 2.24) is 15.0 Å². The van der Waals surface area contributed by atoms with Gasteiger partial charge < -0.3 is 4.98 Å². The largest absolute Gasteiger partial charge is 0.337 e. The lowest BCUT2D eigenvalue weighted by atomic mass is 10.2. The van der Waals surface area contributed by atoms with Gasteiger partial charge in [0.05, 0.1) is 10.4 Å². The van der Waals surface area contributed by atoms with Gasteiger partial charge in [-0.3, -0.25) is 10.1 Å². The second kappa shape index (κ2) is 5.45. The summed E-state index contributed by atoms with van der Waals surface area (Å²) < 4.78 is 0.868. The molecule has 21 heavy (non-hydrogen) atoms. The number of hydrogen-bond donors (Lipinski definition) is 1. The summed E-state index contributed by atoms with van der Waals surface area (Å²) in [4.78, 5) is 21.9. The standard InChI is InChI=1S/C14H9BrN4O2/c15-10-7-12-14(16-8-10)18-13(17-12)5-4-9-2-1-3-11(6-9)19(20)21/h1-8H,(H,16,17,18)/b5-4+. The SMILES string of the molecule is O=[N+]([O-])c1cccc(/C=C/c2nc3ncc(Br)cc3[nH]2)c1. The Morgan fingerprint density at radius 1 is 1.29 bits per heavy atom. The highest BCUT2D eigenvalue weighted by Gasteiger charge is 2.04. The first kappa shape index (κ1) is 13.4. The summed E-state index contributed by atoms with van der Waals surface area (Å²) in [7, 11) is 0. The molecule has 0 aliphatic carbocycles. The van der Waals surface area contributed by atoms with Gasteiger partial charge in [0, 0.05) is 22.8 Å². The highest BCUT2D eigenvalue weighted by atomic mass is 79.9. The van der Waals surface area contributed by atoms with E-state index in [0.29, 0.717) is 11.5 Å². The van der Waals surface area contributed by atoms with Crippen LogP contribution >= 0.6 is 15.9 Å². The third kappa shape index (κ3) is 2.97. The summed E-state index contributed by atoms with van der Waals surface area (Å²) in [6, 6.07) is 8.30. The molecular formula is C14H9BrN4O2. The van der Waals surface area contributed by atoms with Gasteiger partial charge in [-0.1, -0.05) is 18.2 Å². The number of non-ortho nitro benzene ring substituents is 1. The molecule has 0 saturated heterocycles. The van der Waals surface area contributed by atoms with Crippen molar-refractivity contribution in [2.24, 2.45) is 0 Å². The molecule has 6 nitrogen and oxygen atoms in total. The molecule has 0 unspecified atom stereocenters. The Bertz CT molecular complexity index is 857. The molecule has 0 amide bonds. The molecule has 0 aliphatic heterocycles. The van der Waals surface area contributed by atoms with Crippen molar-refractivity contribution in [1.29, 1.82) is 0 Å². The van der Waals surface area contributed by atoms with Crippen LogP contribution in [0.2, 0.25) is 0 Å². The summed E-state index contributed by atoms with van der Waals surface area (Å²) in [6.07, 6.45) is 5.20. The molecule has 0 aliphatic rings. The highest BCUT2D eigenvalue weighted by Crippen LogP contribution is 2.17. The number of aromatic amines is 1. The van der Waals surface area contributed by atoms with Crippen LogP contribution in [0.5, 0.6) is 0 Å². The average molecular weight is 345 g/mol. The van der Waals surface area contributed by atoms with Gasteiger partial charge in [-0.05, 0) is 33.6 Å². The third-order valence-electron chi connectivity index (χ3n) is 2.84. The van der Waals surface area contributed by atoms with Crippen LogP contribution < -0.4 is 0 Å². The van der Waals surface area contributed by atoms with Crippen molar-refractivity contribution in [2.75, 3.05) is 0 Å². The van der Waals surface area contributed by atoms with Crippen LogP contribution in [0.3, 0.4) is 0 Å². The molecule has 1 N–H and O–H groups in total. The smallest absolute Gasteiger partial charge is 0.270 e. The maximum absolute atomic E-state index is 10.7. The topological polar surface area (TPSA) is 84.7 Å². The molecule has 7 heteroatoms. The molecule has 0 bridgehead atoms. The molecule has 0 spiro atoms. The zero-order valence-corrected chi connectivity index (χ0v) is 12.2. The van der Waals surface area contributed by atoms with Crippen molar-refractivity contribution in [2.45, 2.75) is 0 Å². The molecule has 0 atom stereocenters. The zero-order valence-electron chi connectivity index (χ0n) is 10.7. The van der Waals surface area contributed by atoms with Crippen LogP contribution in [0.4, 0.5) is 5.69 Å². The second-order valence-corrected chi connectivity index (χ2v) is 5.25. The minimum Gasteiger partial charge on any atom is -0.337 e. The number of rotatable bonds is 3. The number of nitro benzene ring substituents is 1. The first-order chi connectivity index (χ1) is 10.1. The Kier molecular flexibility index (Phi) is 3.49. The monoisotopic (exact) mass is 344 g/mol. The molecule has 2 heterocycles. The maximum atomic E-state index is 10.7. The summed E-state index contributed by atoms with van der Waals surface area (Å²) in [5.74, 6) is 0.641. The van der Waals surface area contributed by atoms with Crippen LogP contribution in [-0.2, 0) is 0 Å². The lowest BCUT2D eigenvalue weighted by Crippen LogP contribution is -1.87. The Morgan fingerprint density at radius 3 is 2.95 bits per heavy atom. The maximum Gasteiger partial charge on any atom is 0.270 e. The summed E-state index contributed by atoms with van der Waals surface area (Å²) in [5.41, 5.74) is 2.24. The molecule has 104 valence electrons. The number of aromatic nitrogens is 3. The van der Waals surface area contributed by atoms with Gasteiger partial charge in [0.1, 0.15) is 5.82 Å². The summed E-state index contributed by atoms with van der Waals surface area (Å²) >= 11 is 3.35. The van der Waals surface area contributed by atoms with Crippen molar-refractivity contribution >= 4 is 44.9 Å². The Morgan fingerprint density at radius 2 is 2.14 bits per heavy atom. The van der Waals surface area contributed by atoms with Crippen LogP contribution in [0.1, 0.15) is 11.4 Å². The van der Waals surface area contributed by atoms with E-state index >= 15 is 0 Å². The van der Waals surface area contributed by atoms with E-state index in [2.05, 4.69) is 30.9 Å². The van der Waals surface area contributed by atoms with Crippen molar-refractivity contribution in [3.8, 4) is 0 Å². The van der Waals surface area contributed by atoms with Gasteiger partial charge in [-0.25, -0.2) is 9.97 Å². The molecule has 0 radical (unpaired) electrons. The van der Waals surface area contributed by atoms with E-state index in [4.69, 9.17) is 0 Å². The Labute approximate surface area is 127 Å². The minimum atomic E-state index is -0.417. The molecule has 0 fully saturated rings. The number of nitrogens with one attached hydrogen (secondary N) is 1. The summed E-state index contributed by atoms with van der Waals surface area (Å²) in [6.45, 7) is 0. The van der Waals surface area contributed by atoms with E-state index in [0.717, 1.165) is 15.6 Å². The van der Waals surface area contributed by atoms with E-state index < -0.39 is 4.92 Å². The third-order valence-corrected chi connectivity index (χ3v) is 3.27. The van der Waals surface area contributed by atoms with Gasteiger partial charge in [0.25, 0.3) is 5.69 Å². The summed E-state index contributed by atoms with van der Waals surface area (Å²) in [5, 5.41) is 10.7. The van der Waals surface area contributed by atoms with E-state index in [1.165, 1.54) is 12.1 Å². The Hall–Kier alpha value is -2.54. The second-order valence-electron chi connectivity index (χ2n) is 4.33. The highest BCUT2D eigenvalue weighted by molar-refractivity contribution is 9.10. The molecule has 3 aromatic rings. The van der Waals surface area contributed by atoms with E-state index in [1.54, 1.807) is 30.5 Å². The van der Waals surface area contributed by atoms with Crippen molar-refractivity contribution < 1.29 is 4.92 Å². The van der Waals surface area contributed by atoms with Gasteiger partial charge in [0.2, 0.25) is 0 Å². The molecular weight excluding hydrogens is 336 g/mol. The number of halogens is 1.